The number of anilines is 1. The van der Waals surface area contributed by atoms with Gasteiger partial charge in [0, 0.05) is 5.69 Å². The third-order valence-electron chi connectivity index (χ3n) is 3.15. The Morgan fingerprint density at radius 2 is 2.19 bits per heavy atom. The standard InChI is InChI=1S/C13H18N2O/c1-9-5-6-11(8-10(9)2)15-13(16)12-4-3-7-14-12/h5-6,8,12,14H,3-4,7H2,1-2H3,(H,15,16). The number of hydrogen-bond donors (Lipinski definition) is 2. The van der Waals surface area contributed by atoms with Crippen molar-refractivity contribution < 1.29 is 4.79 Å². The van der Waals surface area contributed by atoms with Crippen LogP contribution in [0.4, 0.5) is 5.69 Å². The lowest BCUT2D eigenvalue weighted by molar-refractivity contribution is -0.117. The largest absolute Gasteiger partial charge is 0.325 e. The summed E-state index contributed by atoms with van der Waals surface area (Å²) in [4.78, 5) is 11.8. The number of carbonyl (C=O) groups excluding carboxylic acids is 1. The van der Waals surface area contributed by atoms with Gasteiger partial charge in [0.05, 0.1) is 6.04 Å². The molecule has 1 atom stereocenters. The molecule has 0 aliphatic carbocycles. The average molecular weight is 218 g/mol. The van der Waals surface area contributed by atoms with Gasteiger partial charge in [-0.05, 0) is 56.5 Å². The van der Waals surface area contributed by atoms with Gasteiger partial charge in [0.25, 0.3) is 0 Å². The maximum Gasteiger partial charge on any atom is 0.241 e. The normalized spacial score (nSPS) is 19.8. The van der Waals surface area contributed by atoms with Crippen LogP contribution < -0.4 is 10.6 Å². The zero-order valence-electron chi connectivity index (χ0n) is 9.84. The number of carbonyl (C=O) groups is 1. The van der Waals surface area contributed by atoms with Crippen molar-refractivity contribution in [3.05, 3.63) is 29.3 Å². The zero-order valence-corrected chi connectivity index (χ0v) is 9.84. The van der Waals surface area contributed by atoms with Gasteiger partial charge in [0.1, 0.15) is 0 Å². The predicted molar refractivity (Wildman–Crippen MR) is 65.6 cm³/mol. The lowest BCUT2D eigenvalue weighted by atomic mass is 10.1. The molecule has 1 aromatic carbocycles. The fourth-order valence-corrected chi connectivity index (χ4v) is 1.96. The van der Waals surface area contributed by atoms with Crippen molar-refractivity contribution in [2.75, 3.05) is 11.9 Å². The molecule has 1 aliphatic rings. The van der Waals surface area contributed by atoms with E-state index in [1.54, 1.807) is 0 Å². The quantitative estimate of drug-likeness (QED) is 0.797. The molecule has 1 fully saturated rings. The van der Waals surface area contributed by atoms with E-state index in [1.165, 1.54) is 11.1 Å². The molecule has 0 bridgehead atoms. The highest BCUT2D eigenvalue weighted by Crippen LogP contribution is 2.15. The van der Waals surface area contributed by atoms with E-state index in [0.717, 1.165) is 25.1 Å². The topological polar surface area (TPSA) is 41.1 Å². The Hall–Kier alpha value is -1.35. The van der Waals surface area contributed by atoms with Crippen molar-refractivity contribution >= 4 is 11.6 Å². The summed E-state index contributed by atoms with van der Waals surface area (Å²) in [5, 5.41) is 6.14. The Labute approximate surface area is 96.2 Å². The number of aryl methyl sites for hydroxylation is 2. The molecule has 0 saturated carbocycles. The fourth-order valence-electron chi connectivity index (χ4n) is 1.96. The summed E-state index contributed by atoms with van der Waals surface area (Å²) in [6, 6.07) is 5.99. The predicted octanol–water partition coefficient (Wildman–Crippen LogP) is 1.99. The van der Waals surface area contributed by atoms with Gasteiger partial charge in [-0.25, -0.2) is 0 Å². The maximum atomic E-state index is 11.8. The molecular formula is C13H18N2O. The second-order valence-corrected chi connectivity index (χ2v) is 4.44. The van der Waals surface area contributed by atoms with Crippen LogP contribution in [0.1, 0.15) is 24.0 Å². The van der Waals surface area contributed by atoms with Crippen LogP contribution in [0.2, 0.25) is 0 Å². The van der Waals surface area contributed by atoms with Crippen molar-refractivity contribution in [1.29, 1.82) is 0 Å². The molecular weight excluding hydrogens is 200 g/mol. The molecule has 1 unspecified atom stereocenters. The Balaban J connectivity index is 2.02. The molecule has 3 nitrogen and oxygen atoms in total. The van der Waals surface area contributed by atoms with Gasteiger partial charge in [0.15, 0.2) is 0 Å². The summed E-state index contributed by atoms with van der Waals surface area (Å²) in [7, 11) is 0. The lowest BCUT2D eigenvalue weighted by Crippen LogP contribution is -2.35. The van der Waals surface area contributed by atoms with E-state index in [0.29, 0.717) is 0 Å². The van der Waals surface area contributed by atoms with Crippen molar-refractivity contribution in [3.8, 4) is 0 Å². The van der Waals surface area contributed by atoms with Crippen LogP contribution in [0.15, 0.2) is 18.2 Å². The average Bonchev–Trinajstić information content (AvgIpc) is 2.77. The molecule has 1 aromatic rings. The van der Waals surface area contributed by atoms with E-state index in [1.807, 2.05) is 18.2 Å². The number of nitrogens with one attached hydrogen (secondary N) is 2. The van der Waals surface area contributed by atoms with Crippen LogP contribution in [0.3, 0.4) is 0 Å². The summed E-state index contributed by atoms with van der Waals surface area (Å²) in [5.41, 5.74) is 3.34. The SMILES string of the molecule is Cc1ccc(NC(=O)C2CCCN2)cc1C. The molecule has 1 saturated heterocycles. The summed E-state index contributed by atoms with van der Waals surface area (Å²) in [6.45, 7) is 5.07. The molecule has 0 aromatic heterocycles. The molecule has 1 amide bonds. The Morgan fingerprint density at radius 1 is 1.38 bits per heavy atom. The van der Waals surface area contributed by atoms with Gasteiger partial charge in [-0.3, -0.25) is 4.79 Å². The van der Waals surface area contributed by atoms with E-state index < -0.39 is 0 Å². The van der Waals surface area contributed by atoms with Gasteiger partial charge in [-0.2, -0.15) is 0 Å². The zero-order chi connectivity index (χ0) is 11.5. The van der Waals surface area contributed by atoms with Crippen LogP contribution in [0, 0.1) is 13.8 Å². The van der Waals surface area contributed by atoms with E-state index in [2.05, 4.69) is 24.5 Å². The smallest absolute Gasteiger partial charge is 0.241 e. The molecule has 0 spiro atoms. The van der Waals surface area contributed by atoms with Crippen molar-refractivity contribution in [2.24, 2.45) is 0 Å². The van der Waals surface area contributed by atoms with Gasteiger partial charge >= 0.3 is 0 Å². The number of hydrogen-bond acceptors (Lipinski definition) is 2. The van der Waals surface area contributed by atoms with E-state index >= 15 is 0 Å². The van der Waals surface area contributed by atoms with Gasteiger partial charge in [-0.1, -0.05) is 6.07 Å². The maximum absolute atomic E-state index is 11.8. The highest BCUT2D eigenvalue weighted by Gasteiger charge is 2.21. The third kappa shape index (κ3) is 2.42. The summed E-state index contributed by atoms with van der Waals surface area (Å²) in [5.74, 6) is 0.0840. The number of rotatable bonds is 2. The van der Waals surface area contributed by atoms with E-state index in [-0.39, 0.29) is 11.9 Å². The molecule has 3 heteroatoms. The molecule has 2 N–H and O–H groups in total. The van der Waals surface area contributed by atoms with Gasteiger partial charge < -0.3 is 10.6 Å². The van der Waals surface area contributed by atoms with E-state index in [4.69, 9.17) is 0 Å². The minimum Gasteiger partial charge on any atom is -0.325 e. The van der Waals surface area contributed by atoms with Gasteiger partial charge in [-0.15, -0.1) is 0 Å². The summed E-state index contributed by atoms with van der Waals surface area (Å²) < 4.78 is 0. The molecule has 86 valence electrons. The second-order valence-electron chi connectivity index (χ2n) is 4.44. The first kappa shape index (κ1) is 11.1. The van der Waals surface area contributed by atoms with E-state index in [9.17, 15) is 4.79 Å². The van der Waals surface area contributed by atoms with Crippen molar-refractivity contribution in [2.45, 2.75) is 32.7 Å². The first-order valence-electron chi connectivity index (χ1n) is 5.78. The van der Waals surface area contributed by atoms with Crippen molar-refractivity contribution in [1.82, 2.24) is 5.32 Å². The van der Waals surface area contributed by atoms with Crippen LogP contribution in [0.5, 0.6) is 0 Å². The van der Waals surface area contributed by atoms with Crippen LogP contribution in [-0.2, 0) is 4.79 Å². The fraction of sp³-hybridized carbons (Fsp3) is 0.462. The molecule has 2 rings (SSSR count). The summed E-state index contributed by atoms with van der Waals surface area (Å²) >= 11 is 0. The monoisotopic (exact) mass is 218 g/mol. The minimum absolute atomic E-state index is 0.0124. The minimum atomic E-state index is -0.0124. The lowest BCUT2D eigenvalue weighted by Gasteiger charge is -2.12. The molecule has 1 aliphatic heterocycles. The first-order chi connectivity index (χ1) is 7.66. The van der Waals surface area contributed by atoms with Crippen LogP contribution >= 0.6 is 0 Å². The highest BCUT2D eigenvalue weighted by atomic mass is 16.2. The van der Waals surface area contributed by atoms with Crippen LogP contribution in [0.25, 0.3) is 0 Å². The highest BCUT2D eigenvalue weighted by molar-refractivity contribution is 5.95. The molecule has 16 heavy (non-hydrogen) atoms. The Morgan fingerprint density at radius 3 is 2.81 bits per heavy atom. The second kappa shape index (κ2) is 4.66. The third-order valence-corrected chi connectivity index (χ3v) is 3.15. The van der Waals surface area contributed by atoms with Gasteiger partial charge in [0.2, 0.25) is 5.91 Å². The number of benzene rings is 1. The van der Waals surface area contributed by atoms with Crippen LogP contribution in [-0.4, -0.2) is 18.5 Å². The Bertz CT molecular complexity index is 395. The Kier molecular flexibility index (Phi) is 3.25. The van der Waals surface area contributed by atoms with Crippen molar-refractivity contribution in [3.63, 3.8) is 0 Å². The molecule has 1 heterocycles. The first-order valence-corrected chi connectivity index (χ1v) is 5.78. The number of amides is 1. The molecule has 0 radical (unpaired) electrons. The summed E-state index contributed by atoms with van der Waals surface area (Å²) in [6.07, 6.45) is 2.03.